The molecule has 1 amide bonds. The number of halogens is 1. The van der Waals surface area contributed by atoms with Crippen molar-refractivity contribution < 1.29 is 9.18 Å². The number of anilines is 2. The Labute approximate surface area is 126 Å². The van der Waals surface area contributed by atoms with Crippen LogP contribution in [0, 0.1) is 5.82 Å². The van der Waals surface area contributed by atoms with E-state index in [-0.39, 0.29) is 5.82 Å². The van der Waals surface area contributed by atoms with Gasteiger partial charge in [-0.25, -0.2) is 9.07 Å². The van der Waals surface area contributed by atoms with Crippen LogP contribution in [0.3, 0.4) is 0 Å². The van der Waals surface area contributed by atoms with Crippen LogP contribution in [-0.4, -0.2) is 16.2 Å². The van der Waals surface area contributed by atoms with Crippen LogP contribution in [0.5, 0.6) is 0 Å². The number of aromatic nitrogens is 2. The van der Waals surface area contributed by atoms with Crippen LogP contribution in [-0.2, 0) is 4.79 Å². The molecule has 3 rings (SSSR count). The lowest BCUT2D eigenvalue weighted by Crippen LogP contribution is -2.01. The fourth-order valence-corrected chi connectivity index (χ4v) is 2.15. The van der Waals surface area contributed by atoms with Gasteiger partial charge >= 0.3 is 0 Å². The van der Waals surface area contributed by atoms with Gasteiger partial charge in [0.15, 0.2) is 5.82 Å². The van der Waals surface area contributed by atoms with Crippen LogP contribution in [0.1, 0.15) is 0 Å². The number of nitrogens with zero attached hydrogens (tertiary/aromatic N) is 2. The number of benzene rings is 2. The summed E-state index contributed by atoms with van der Waals surface area (Å²) in [6.07, 6.45) is 0.560. The van der Waals surface area contributed by atoms with Gasteiger partial charge in [-0.15, -0.1) is 5.10 Å². The molecule has 3 N–H and O–H groups in total. The summed E-state index contributed by atoms with van der Waals surface area (Å²) in [6.45, 7) is 0. The molecule has 5 nitrogen and oxygen atoms in total. The van der Waals surface area contributed by atoms with Gasteiger partial charge in [0.05, 0.1) is 11.4 Å². The van der Waals surface area contributed by atoms with E-state index in [1.54, 1.807) is 35.0 Å². The van der Waals surface area contributed by atoms with Gasteiger partial charge in [-0.3, -0.25) is 4.79 Å². The molecule has 3 aromatic rings. The molecule has 110 valence electrons. The Bertz CT molecular complexity index is 731. The molecular weight excluding hydrogens is 283 g/mol. The van der Waals surface area contributed by atoms with Crippen molar-refractivity contribution in [3.8, 4) is 16.9 Å². The summed E-state index contributed by atoms with van der Waals surface area (Å²) in [6, 6.07) is 15.0. The van der Waals surface area contributed by atoms with E-state index in [0.717, 1.165) is 11.3 Å². The molecule has 0 spiro atoms. The third kappa shape index (κ3) is 2.67. The smallest absolute Gasteiger partial charge is 0.212 e. The zero-order chi connectivity index (χ0) is 15.5. The Kier molecular flexibility index (Phi) is 3.57. The Hall–Kier alpha value is -3.15. The van der Waals surface area contributed by atoms with Crippen molar-refractivity contribution in [3.63, 3.8) is 0 Å². The first-order chi connectivity index (χ1) is 10.7. The van der Waals surface area contributed by atoms with Gasteiger partial charge < -0.3 is 11.1 Å². The number of nitrogens with two attached hydrogens (primary N) is 1. The third-order valence-electron chi connectivity index (χ3n) is 3.19. The second kappa shape index (κ2) is 5.69. The van der Waals surface area contributed by atoms with Crippen LogP contribution in [0.25, 0.3) is 16.9 Å². The molecular formula is C16H13FN4O. The fourth-order valence-electron chi connectivity index (χ4n) is 2.15. The Balaban J connectivity index is 2.13. The predicted octanol–water partition coefficient (Wildman–Crippen LogP) is 2.83. The first-order valence-electron chi connectivity index (χ1n) is 6.59. The van der Waals surface area contributed by atoms with Gasteiger partial charge in [0, 0.05) is 17.3 Å². The zero-order valence-electron chi connectivity index (χ0n) is 11.5. The second-order valence-corrected chi connectivity index (χ2v) is 4.69. The van der Waals surface area contributed by atoms with Crippen molar-refractivity contribution >= 4 is 17.9 Å². The van der Waals surface area contributed by atoms with Crippen molar-refractivity contribution in [2.24, 2.45) is 0 Å². The molecule has 22 heavy (non-hydrogen) atoms. The van der Waals surface area contributed by atoms with Crippen molar-refractivity contribution in [1.29, 1.82) is 0 Å². The number of nitrogens with one attached hydrogen (secondary N) is 1. The largest absolute Gasteiger partial charge is 0.399 e. The molecule has 0 atom stereocenters. The van der Waals surface area contributed by atoms with E-state index in [0.29, 0.717) is 23.6 Å². The van der Waals surface area contributed by atoms with Crippen molar-refractivity contribution in [1.82, 2.24) is 9.78 Å². The highest BCUT2D eigenvalue weighted by atomic mass is 19.1. The SMILES string of the molecule is Nc1ccc(-c2cc(NC=O)nn2-c2ccc(F)cc2)cc1. The summed E-state index contributed by atoms with van der Waals surface area (Å²) in [5.41, 5.74) is 8.68. The maximum Gasteiger partial charge on any atom is 0.212 e. The van der Waals surface area contributed by atoms with E-state index in [9.17, 15) is 9.18 Å². The molecule has 6 heteroatoms. The minimum Gasteiger partial charge on any atom is -0.399 e. The van der Waals surface area contributed by atoms with Gasteiger partial charge in [-0.05, 0) is 36.4 Å². The summed E-state index contributed by atoms with van der Waals surface area (Å²) in [4.78, 5) is 10.6. The number of amides is 1. The number of rotatable bonds is 4. The Morgan fingerprint density at radius 1 is 1.09 bits per heavy atom. The standard InChI is InChI=1S/C16H13FN4O/c17-12-3-7-14(8-4-12)21-15(9-16(20-21)19-10-22)11-1-5-13(18)6-2-11/h1-10H,18H2,(H,19,20,22). The highest BCUT2D eigenvalue weighted by molar-refractivity contribution is 5.74. The monoisotopic (exact) mass is 296 g/mol. The van der Waals surface area contributed by atoms with Gasteiger partial charge in [0.2, 0.25) is 6.41 Å². The highest BCUT2D eigenvalue weighted by Crippen LogP contribution is 2.26. The van der Waals surface area contributed by atoms with E-state index in [2.05, 4.69) is 10.4 Å². The van der Waals surface area contributed by atoms with Crippen molar-refractivity contribution in [3.05, 3.63) is 60.4 Å². The van der Waals surface area contributed by atoms with Crippen LogP contribution >= 0.6 is 0 Å². The first kappa shape index (κ1) is 13.8. The van der Waals surface area contributed by atoms with Gasteiger partial charge in [0.1, 0.15) is 5.82 Å². The van der Waals surface area contributed by atoms with Crippen LogP contribution in [0.2, 0.25) is 0 Å². The second-order valence-electron chi connectivity index (χ2n) is 4.69. The summed E-state index contributed by atoms with van der Waals surface area (Å²) in [5, 5.41) is 6.84. The Morgan fingerprint density at radius 2 is 1.77 bits per heavy atom. The molecule has 0 saturated heterocycles. The third-order valence-corrected chi connectivity index (χ3v) is 3.19. The molecule has 1 aromatic heterocycles. The summed E-state index contributed by atoms with van der Waals surface area (Å²) in [5.74, 6) is 0.0855. The van der Waals surface area contributed by atoms with Crippen LogP contribution in [0.4, 0.5) is 15.9 Å². The lowest BCUT2D eigenvalue weighted by atomic mass is 10.1. The molecule has 2 aromatic carbocycles. The molecule has 0 aliphatic carbocycles. The number of hydrogen-bond donors (Lipinski definition) is 2. The maximum atomic E-state index is 13.1. The van der Waals surface area contributed by atoms with E-state index >= 15 is 0 Å². The number of nitrogen functional groups attached to an aromatic ring is 1. The van der Waals surface area contributed by atoms with Gasteiger partial charge in [-0.2, -0.15) is 0 Å². The van der Waals surface area contributed by atoms with E-state index in [1.165, 1.54) is 12.1 Å². The quantitative estimate of drug-likeness (QED) is 0.574. The predicted molar refractivity (Wildman–Crippen MR) is 83.1 cm³/mol. The number of carbonyl (C=O) groups is 1. The zero-order valence-corrected chi connectivity index (χ0v) is 11.5. The molecule has 0 bridgehead atoms. The van der Waals surface area contributed by atoms with E-state index < -0.39 is 0 Å². The van der Waals surface area contributed by atoms with Crippen molar-refractivity contribution in [2.75, 3.05) is 11.1 Å². The van der Waals surface area contributed by atoms with Gasteiger partial charge in [0.25, 0.3) is 0 Å². The molecule has 1 heterocycles. The van der Waals surface area contributed by atoms with Crippen LogP contribution in [0.15, 0.2) is 54.6 Å². The molecule has 0 aliphatic heterocycles. The van der Waals surface area contributed by atoms with Gasteiger partial charge in [-0.1, -0.05) is 12.1 Å². The summed E-state index contributed by atoms with van der Waals surface area (Å²) < 4.78 is 14.7. The number of hydrogen-bond acceptors (Lipinski definition) is 3. The Morgan fingerprint density at radius 3 is 2.41 bits per heavy atom. The molecule has 0 unspecified atom stereocenters. The molecule has 0 saturated carbocycles. The average molecular weight is 296 g/mol. The van der Waals surface area contributed by atoms with Crippen molar-refractivity contribution in [2.45, 2.75) is 0 Å². The molecule has 0 fully saturated rings. The highest BCUT2D eigenvalue weighted by Gasteiger charge is 2.11. The lowest BCUT2D eigenvalue weighted by molar-refractivity contribution is -0.105. The fraction of sp³-hybridized carbons (Fsp3) is 0. The van der Waals surface area contributed by atoms with E-state index in [4.69, 9.17) is 5.73 Å². The van der Waals surface area contributed by atoms with Crippen LogP contribution < -0.4 is 11.1 Å². The minimum atomic E-state index is -0.323. The number of carbonyl (C=O) groups excluding carboxylic acids is 1. The first-order valence-corrected chi connectivity index (χ1v) is 6.59. The average Bonchev–Trinajstić information content (AvgIpc) is 2.93. The van der Waals surface area contributed by atoms with E-state index in [1.807, 2.05) is 12.1 Å². The molecule has 0 radical (unpaired) electrons. The summed E-state index contributed by atoms with van der Waals surface area (Å²) in [7, 11) is 0. The molecule has 0 aliphatic rings. The topological polar surface area (TPSA) is 72.9 Å². The maximum absolute atomic E-state index is 13.1. The summed E-state index contributed by atoms with van der Waals surface area (Å²) >= 11 is 0. The lowest BCUT2D eigenvalue weighted by Gasteiger charge is -2.07. The minimum absolute atomic E-state index is 0.323. The normalized spacial score (nSPS) is 10.4.